The van der Waals surface area contributed by atoms with Gasteiger partial charge >= 0.3 is 0 Å². The average Bonchev–Trinajstić information content (AvgIpc) is 2.53. The summed E-state index contributed by atoms with van der Waals surface area (Å²) < 4.78 is 27.1. The van der Waals surface area contributed by atoms with Gasteiger partial charge in [-0.05, 0) is 52.9 Å². The monoisotopic (exact) mass is 336 g/mol. The van der Waals surface area contributed by atoms with E-state index in [0.717, 1.165) is 10.9 Å². The quantitative estimate of drug-likeness (QED) is 0.699. The zero-order valence-electron chi connectivity index (χ0n) is 12.4. The third-order valence-corrected chi connectivity index (χ3v) is 5.42. The van der Waals surface area contributed by atoms with Crippen LogP contribution < -0.4 is 10.6 Å². The summed E-state index contributed by atoms with van der Waals surface area (Å²) in [5.74, 6) is -0.953. The predicted molar refractivity (Wildman–Crippen MR) is 96.3 cm³/mol. The minimum atomic E-state index is -0.803. The molecule has 0 aromatic heterocycles. The first-order valence-electron chi connectivity index (χ1n) is 7.70. The number of rotatable bonds is 2. The van der Waals surface area contributed by atoms with Gasteiger partial charge in [-0.3, -0.25) is 0 Å². The van der Waals surface area contributed by atoms with E-state index in [9.17, 15) is 8.78 Å². The van der Waals surface area contributed by atoms with Crippen molar-refractivity contribution in [3.63, 3.8) is 0 Å². The van der Waals surface area contributed by atoms with Crippen molar-refractivity contribution in [2.45, 2.75) is 38.0 Å². The minimum absolute atomic E-state index is 0.260. The van der Waals surface area contributed by atoms with Crippen LogP contribution in [0.5, 0.6) is 0 Å². The van der Waals surface area contributed by atoms with Crippen LogP contribution in [0.25, 0.3) is 11.1 Å². The smallest absolute Gasteiger partial charge is 0.165 e. The van der Waals surface area contributed by atoms with Crippen LogP contribution in [0.4, 0.5) is 8.78 Å². The van der Waals surface area contributed by atoms with Crippen molar-refractivity contribution in [1.29, 1.82) is 0 Å². The molecule has 1 saturated carbocycles. The van der Waals surface area contributed by atoms with Gasteiger partial charge in [0.25, 0.3) is 0 Å². The van der Waals surface area contributed by atoms with Gasteiger partial charge < -0.3 is 0 Å². The summed E-state index contributed by atoms with van der Waals surface area (Å²) in [6.07, 6.45) is 6.46. The van der Waals surface area contributed by atoms with Gasteiger partial charge in [0.1, 0.15) is 0 Å². The van der Waals surface area contributed by atoms with Crippen LogP contribution in [0.15, 0.2) is 30.3 Å². The lowest BCUT2D eigenvalue weighted by molar-refractivity contribution is 0.444. The molecule has 4 heteroatoms. The molecule has 0 radical (unpaired) electrons. The van der Waals surface area contributed by atoms with Gasteiger partial charge in [-0.1, -0.05) is 37.5 Å². The molecule has 0 heterocycles. The van der Waals surface area contributed by atoms with E-state index in [-0.39, 0.29) is 5.30 Å². The summed E-state index contributed by atoms with van der Waals surface area (Å²) in [5.41, 5.74) is 3.01. The number of hydrogen-bond donors (Lipinski definition) is 0. The first kappa shape index (κ1) is 16.0. The Hall–Kier alpha value is -0.840. The molecule has 0 bridgehead atoms. The normalized spacial score (nSPS) is 16.0. The largest absolute Gasteiger partial charge is 0.204 e. The van der Waals surface area contributed by atoms with Crippen LogP contribution in [-0.2, 0) is 0 Å². The van der Waals surface area contributed by atoms with E-state index in [2.05, 4.69) is 30.6 Å². The van der Waals surface area contributed by atoms with Crippen LogP contribution >= 0.6 is 18.5 Å². The van der Waals surface area contributed by atoms with Crippen LogP contribution in [-0.4, -0.2) is 0 Å². The van der Waals surface area contributed by atoms with E-state index >= 15 is 0 Å². The molecule has 0 spiro atoms. The Morgan fingerprint density at radius 3 is 2.23 bits per heavy atom. The van der Waals surface area contributed by atoms with E-state index in [0.29, 0.717) is 11.5 Å². The second-order valence-electron chi connectivity index (χ2n) is 6.04. The molecular formula is C18H20F2P2. The molecular weight excluding hydrogens is 316 g/mol. The third-order valence-electron chi connectivity index (χ3n) is 4.52. The van der Waals surface area contributed by atoms with Crippen molar-refractivity contribution >= 4 is 29.1 Å². The van der Waals surface area contributed by atoms with Gasteiger partial charge in [0.15, 0.2) is 11.6 Å². The maximum atomic E-state index is 13.6. The van der Waals surface area contributed by atoms with Crippen molar-refractivity contribution < 1.29 is 8.78 Å². The van der Waals surface area contributed by atoms with Crippen molar-refractivity contribution in [3.8, 4) is 11.1 Å². The van der Waals surface area contributed by atoms with Crippen LogP contribution in [0.3, 0.4) is 0 Å². The molecule has 0 saturated heterocycles. The summed E-state index contributed by atoms with van der Waals surface area (Å²) in [6, 6.07) is 9.30. The lowest BCUT2D eigenvalue weighted by Crippen LogP contribution is -2.09. The summed E-state index contributed by atoms with van der Waals surface area (Å²) >= 11 is 0. The van der Waals surface area contributed by atoms with Gasteiger partial charge in [-0.2, -0.15) is 0 Å². The Morgan fingerprint density at radius 1 is 0.864 bits per heavy atom. The highest BCUT2D eigenvalue weighted by Crippen LogP contribution is 2.33. The molecule has 22 heavy (non-hydrogen) atoms. The number of benzene rings is 2. The van der Waals surface area contributed by atoms with E-state index in [1.165, 1.54) is 43.7 Å². The van der Waals surface area contributed by atoms with E-state index in [4.69, 9.17) is 0 Å². The van der Waals surface area contributed by atoms with Gasteiger partial charge in [0.2, 0.25) is 0 Å². The Morgan fingerprint density at radius 2 is 1.59 bits per heavy atom. The molecule has 0 N–H and O–H groups in total. The zero-order valence-corrected chi connectivity index (χ0v) is 14.7. The van der Waals surface area contributed by atoms with E-state index in [1.54, 1.807) is 6.07 Å². The van der Waals surface area contributed by atoms with Crippen LogP contribution in [0.2, 0.25) is 0 Å². The van der Waals surface area contributed by atoms with Crippen molar-refractivity contribution in [2.75, 3.05) is 0 Å². The van der Waals surface area contributed by atoms with Gasteiger partial charge in [0, 0.05) is 5.30 Å². The topological polar surface area (TPSA) is 0 Å². The highest BCUT2D eigenvalue weighted by molar-refractivity contribution is 7.28. The van der Waals surface area contributed by atoms with Gasteiger partial charge in [-0.15, -0.1) is 18.5 Å². The van der Waals surface area contributed by atoms with Crippen molar-refractivity contribution in [3.05, 3.63) is 47.5 Å². The Labute approximate surface area is 135 Å². The van der Waals surface area contributed by atoms with Gasteiger partial charge in [0.05, 0.1) is 0 Å². The molecule has 2 atom stereocenters. The Bertz CT molecular complexity index is 668. The molecule has 0 amide bonds. The number of hydrogen-bond acceptors (Lipinski definition) is 0. The minimum Gasteiger partial charge on any atom is -0.204 e. The molecule has 1 aliphatic rings. The van der Waals surface area contributed by atoms with E-state index in [1.807, 2.05) is 6.07 Å². The summed E-state index contributed by atoms with van der Waals surface area (Å²) in [6.45, 7) is 0. The average molecular weight is 336 g/mol. The second-order valence-corrected chi connectivity index (χ2v) is 7.29. The molecule has 0 aliphatic heterocycles. The first-order valence-corrected chi connectivity index (χ1v) is 8.86. The van der Waals surface area contributed by atoms with Crippen molar-refractivity contribution in [1.82, 2.24) is 0 Å². The standard InChI is InChI=1S/C18H20F2P2/c19-15-8-13(10-17(22)18(15)20)14-7-6-12(9-16(14)21)11-4-2-1-3-5-11/h6-11H,1-5,21-22H2. The second kappa shape index (κ2) is 6.73. The molecule has 1 fully saturated rings. The number of halogens is 2. The maximum Gasteiger partial charge on any atom is 0.165 e. The Balaban J connectivity index is 1.95. The predicted octanol–water partition coefficient (Wildman–Crippen LogP) is 4.68. The first-order chi connectivity index (χ1) is 10.6. The summed E-state index contributed by atoms with van der Waals surface area (Å²) in [5, 5.41) is 1.30. The van der Waals surface area contributed by atoms with Crippen LogP contribution in [0.1, 0.15) is 43.6 Å². The van der Waals surface area contributed by atoms with Gasteiger partial charge in [-0.25, -0.2) is 8.78 Å². The molecule has 2 aromatic carbocycles. The maximum absolute atomic E-state index is 13.6. The molecule has 1 aliphatic carbocycles. The summed E-state index contributed by atoms with van der Waals surface area (Å²) in [7, 11) is 4.99. The fraction of sp³-hybridized carbons (Fsp3) is 0.333. The summed E-state index contributed by atoms with van der Waals surface area (Å²) in [4.78, 5) is 0. The van der Waals surface area contributed by atoms with Crippen molar-refractivity contribution in [2.24, 2.45) is 0 Å². The lowest BCUT2D eigenvalue weighted by Gasteiger charge is -2.23. The Kier molecular flexibility index (Phi) is 4.91. The molecule has 116 valence electrons. The highest BCUT2D eigenvalue weighted by atomic mass is 31.0. The fourth-order valence-electron chi connectivity index (χ4n) is 3.30. The highest BCUT2D eigenvalue weighted by Gasteiger charge is 2.17. The SMILES string of the molecule is Fc1cc(-c2ccc(C3CCCCC3)cc2P)cc(P)c1F. The molecule has 0 nitrogen and oxygen atoms in total. The molecule has 2 aromatic rings. The zero-order chi connectivity index (χ0) is 15.7. The molecule has 2 unspecified atom stereocenters. The third kappa shape index (κ3) is 3.24. The van der Waals surface area contributed by atoms with Crippen LogP contribution in [0, 0.1) is 11.6 Å². The fourth-order valence-corrected chi connectivity index (χ4v) is 4.07. The lowest BCUT2D eigenvalue weighted by atomic mass is 9.83. The molecule has 3 rings (SSSR count). The van der Waals surface area contributed by atoms with E-state index < -0.39 is 11.6 Å².